The van der Waals surface area contributed by atoms with E-state index in [0.29, 0.717) is 0 Å². The fraction of sp³-hybridized carbons (Fsp3) is 0.368. The molecule has 2 rings (SSSR count). The first kappa shape index (κ1) is 15.3. The Balaban J connectivity index is 2.58. The van der Waals surface area contributed by atoms with Crippen LogP contribution in [0, 0.1) is 41.5 Å². The van der Waals surface area contributed by atoms with Gasteiger partial charge in [-0.25, -0.2) is 0 Å². The molecule has 0 spiro atoms. The zero-order valence-corrected chi connectivity index (χ0v) is 14.9. The van der Waals surface area contributed by atoms with E-state index in [9.17, 15) is 0 Å². The van der Waals surface area contributed by atoms with Crippen LogP contribution in [-0.4, -0.2) is 0 Å². The van der Waals surface area contributed by atoms with Crippen molar-refractivity contribution in [2.75, 3.05) is 0 Å². The largest absolute Gasteiger partial charge is 0.0786 e. The van der Waals surface area contributed by atoms with Gasteiger partial charge in [-0.15, -0.1) is 0 Å². The first-order valence-electron chi connectivity index (χ1n) is 7.11. The molecule has 0 amide bonds. The maximum Gasteiger partial charge on any atom is 0.0650 e. The van der Waals surface area contributed by atoms with Crippen molar-refractivity contribution in [2.45, 2.75) is 46.4 Å². The Bertz CT molecular complexity index is 627. The Morgan fingerprint density at radius 3 is 1.75 bits per heavy atom. The number of aryl methyl sites for hydroxylation is 4. The number of halogens is 1. The van der Waals surface area contributed by atoms with Crippen molar-refractivity contribution in [1.82, 2.24) is 0 Å². The molecule has 0 saturated carbocycles. The molecule has 1 unspecified atom stereocenters. The van der Waals surface area contributed by atoms with E-state index in [2.05, 4.69) is 81.7 Å². The molecule has 106 valence electrons. The third-order valence-corrected chi connectivity index (χ3v) is 5.49. The summed E-state index contributed by atoms with van der Waals surface area (Å²) in [6.07, 6.45) is 0. The highest BCUT2D eigenvalue weighted by Crippen LogP contribution is 2.37. The van der Waals surface area contributed by atoms with Crippen LogP contribution < -0.4 is 0 Å². The normalized spacial score (nSPS) is 12.6. The van der Waals surface area contributed by atoms with E-state index in [4.69, 9.17) is 0 Å². The first-order valence-corrected chi connectivity index (χ1v) is 8.03. The highest BCUT2D eigenvalue weighted by Gasteiger charge is 2.18. The van der Waals surface area contributed by atoms with Gasteiger partial charge in [0.1, 0.15) is 0 Å². The fourth-order valence-electron chi connectivity index (χ4n) is 2.72. The molecule has 2 aromatic rings. The standard InChI is InChI=1S/C19H23Br/c1-11-7-8-17(10-12(11)2)19(20)18-15(5)13(3)9-14(4)16(18)6/h7-10,19H,1-6H3. The molecule has 0 aliphatic heterocycles. The van der Waals surface area contributed by atoms with Crippen LogP contribution in [0.2, 0.25) is 0 Å². The Hall–Kier alpha value is -1.08. The van der Waals surface area contributed by atoms with Crippen LogP contribution in [0.25, 0.3) is 0 Å². The Labute approximate surface area is 131 Å². The molecule has 0 saturated heterocycles. The molecule has 0 aliphatic carbocycles. The predicted octanol–water partition coefficient (Wildman–Crippen LogP) is 6.02. The number of hydrogen-bond acceptors (Lipinski definition) is 0. The van der Waals surface area contributed by atoms with Crippen LogP contribution in [0.5, 0.6) is 0 Å². The summed E-state index contributed by atoms with van der Waals surface area (Å²) in [5.74, 6) is 0. The van der Waals surface area contributed by atoms with Gasteiger partial charge in [-0.2, -0.15) is 0 Å². The Morgan fingerprint density at radius 1 is 0.700 bits per heavy atom. The third kappa shape index (κ3) is 2.69. The molecule has 2 aromatic carbocycles. The number of hydrogen-bond donors (Lipinski definition) is 0. The highest BCUT2D eigenvalue weighted by atomic mass is 79.9. The van der Waals surface area contributed by atoms with E-state index >= 15 is 0 Å². The summed E-state index contributed by atoms with van der Waals surface area (Å²) in [6.45, 7) is 13.2. The van der Waals surface area contributed by atoms with Gasteiger partial charge in [-0.1, -0.05) is 40.2 Å². The minimum atomic E-state index is 0.264. The SMILES string of the molecule is Cc1ccc(C(Br)c2c(C)c(C)cc(C)c2C)cc1C. The van der Waals surface area contributed by atoms with Crippen molar-refractivity contribution < 1.29 is 0 Å². The fourth-order valence-corrected chi connectivity index (χ4v) is 3.69. The van der Waals surface area contributed by atoms with Crippen LogP contribution in [-0.2, 0) is 0 Å². The lowest BCUT2D eigenvalue weighted by atomic mass is 9.89. The van der Waals surface area contributed by atoms with Crippen molar-refractivity contribution in [1.29, 1.82) is 0 Å². The summed E-state index contributed by atoms with van der Waals surface area (Å²) in [5.41, 5.74) is 11.0. The topological polar surface area (TPSA) is 0 Å². The predicted molar refractivity (Wildman–Crippen MR) is 92.1 cm³/mol. The Morgan fingerprint density at radius 2 is 1.25 bits per heavy atom. The molecule has 20 heavy (non-hydrogen) atoms. The summed E-state index contributed by atoms with van der Waals surface area (Å²) in [4.78, 5) is 0.264. The zero-order chi connectivity index (χ0) is 15.0. The van der Waals surface area contributed by atoms with Gasteiger partial charge in [0.15, 0.2) is 0 Å². The maximum atomic E-state index is 3.92. The second kappa shape index (κ2) is 5.73. The van der Waals surface area contributed by atoms with Gasteiger partial charge in [0.2, 0.25) is 0 Å². The maximum absolute atomic E-state index is 3.92. The van der Waals surface area contributed by atoms with Crippen molar-refractivity contribution >= 4 is 15.9 Å². The van der Waals surface area contributed by atoms with Crippen molar-refractivity contribution in [3.63, 3.8) is 0 Å². The molecule has 0 aliphatic rings. The third-order valence-electron chi connectivity index (χ3n) is 4.50. The lowest BCUT2D eigenvalue weighted by Crippen LogP contribution is -2.03. The lowest BCUT2D eigenvalue weighted by molar-refractivity contribution is 1.07. The van der Waals surface area contributed by atoms with Crippen molar-refractivity contribution in [3.8, 4) is 0 Å². The second-order valence-corrected chi connectivity index (χ2v) is 6.80. The number of benzene rings is 2. The van der Waals surface area contributed by atoms with Crippen molar-refractivity contribution in [2.24, 2.45) is 0 Å². The molecule has 1 heteroatoms. The van der Waals surface area contributed by atoms with Gasteiger partial charge in [0.25, 0.3) is 0 Å². The van der Waals surface area contributed by atoms with Gasteiger partial charge >= 0.3 is 0 Å². The monoisotopic (exact) mass is 330 g/mol. The van der Waals surface area contributed by atoms with Gasteiger partial charge in [-0.3, -0.25) is 0 Å². The second-order valence-electron chi connectivity index (χ2n) is 5.88. The molecule has 1 atom stereocenters. The minimum Gasteiger partial charge on any atom is -0.0786 e. The zero-order valence-electron chi connectivity index (χ0n) is 13.3. The van der Waals surface area contributed by atoms with E-state index in [1.807, 2.05) is 0 Å². The van der Waals surface area contributed by atoms with Gasteiger partial charge in [0.05, 0.1) is 4.83 Å². The van der Waals surface area contributed by atoms with Crippen LogP contribution in [0.4, 0.5) is 0 Å². The van der Waals surface area contributed by atoms with Gasteiger partial charge in [0, 0.05) is 0 Å². The Kier molecular flexibility index (Phi) is 4.39. The number of rotatable bonds is 2. The van der Waals surface area contributed by atoms with E-state index in [0.717, 1.165) is 0 Å². The van der Waals surface area contributed by atoms with Crippen LogP contribution in [0.1, 0.15) is 49.3 Å². The van der Waals surface area contributed by atoms with Gasteiger partial charge < -0.3 is 0 Å². The van der Waals surface area contributed by atoms with Crippen LogP contribution in [0.15, 0.2) is 24.3 Å². The average molecular weight is 331 g/mol. The van der Waals surface area contributed by atoms with E-state index in [1.54, 1.807) is 0 Å². The summed E-state index contributed by atoms with van der Waals surface area (Å²) in [6, 6.07) is 9.03. The molecule has 0 fully saturated rings. The lowest BCUT2D eigenvalue weighted by Gasteiger charge is -2.21. The smallest absolute Gasteiger partial charge is 0.0650 e. The quantitative estimate of drug-likeness (QED) is 0.590. The molecule has 0 radical (unpaired) electrons. The number of alkyl halides is 1. The highest BCUT2D eigenvalue weighted by molar-refractivity contribution is 9.09. The summed E-state index contributed by atoms with van der Waals surface area (Å²) in [5, 5.41) is 0. The molecular weight excluding hydrogens is 308 g/mol. The molecule has 0 nitrogen and oxygen atoms in total. The van der Waals surface area contributed by atoms with Crippen LogP contribution in [0.3, 0.4) is 0 Å². The van der Waals surface area contributed by atoms with E-state index < -0.39 is 0 Å². The molecular formula is C19H23Br. The first-order chi connectivity index (χ1) is 9.32. The summed E-state index contributed by atoms with van der Waals surface area (Å²) >= 11 is 3.92. The van der Waals surface area contributed by atoms with Gasteiger partial charge in [-0.05, 0) is 86.1 Å². The molecule has 0 aromatic heterocycles. The molecule has 0 bridgehead atoms. The summed E-state index contributed by atoms with van der Waals surface area (Å²) in [7, 11) is 0. The average Bonchev–Trinajstić information content (AvgIpc) is 2.40. The van der Waals surface area contributed by atoms with Crippen LogP contribution >= 0.6 is 15.9 Å². The van der Waals surface area contributed by atoms with Crippen molar-refractivity contribution in [3.05, 3.63) is 68.8 Å². The molecule has 0 heterocycles. The minimum absolute atomic E-state index is 0.264. The summed E-state index contributed by atoms with van der Waals surface area (Å²) < 4.78 is 0. The van der Waals surface area contributed by atoms with E-state index in [-0.39, 0.29) is 4.83 Å². The van der Waals surface area contributed by atoms with E-state index in [1.165, 1.54) is 44.5 Å². The molecule has 0 N–H and O–H groups in total.